The number of carbonyl (C=O) groups is 2. The molecule has 0 spiro atoms. The molecule has 0 bridgehead atoms. The maximum absolute atomic E-state index is 12.6. The van der Waals surface area contributed by atoms with E-state index >= 15 is 0 Å². The van der Waals surface area contributed by atoms with E-state index in [1.807, 2.05) is 6.07 Å². The number of hydrogen-bond acceptors (Lipinski definition) is 5. The number of carbonyl (C=O) groups excluding carboxylic acids is 2. The summed E-state index contributed by atoms with van der Waals surface area (Å²) in [4.78, 5) is 24.4. The predicted octanol–water partition coefficient (Wildman–Crippen LogP) is 3.44. The molecule has 0 saturated carbocycles. The van der Waals surface area contributed by atoms with Gasteiger partial charge in [0.25, 0.3) is 0 Å². The number of methoxy groups -OCH3 is 1. The fourth-order valence-corrected chi connectivity index (χ4v) is 2.04. The van der Waals surface area contributed by atoms with Crippen LogP contribution in [0.5, 0.6) is 5.75 Å². The van der Waals surface area contributed by atoms with E-state index in [-0.39, 0.29) is 18.1 Å². The molecule has 0 fully saturated rings. The van der Waals surface area contributed by atoms with E-state index in [1.54, 1.807) is 62.6 Å². The quantitative estimate of drug-likeness (QED) is 0.480. The first kappa shape index (κ1) is 17.3. The van der Waals surface area contributed by atoms with Gasteiger partial charge >= 0.3 is 5.97 Å². The lowest BCUT2D eigenvalue weighted by Gasteiger charge is -2.11. The number of Topliss-reactive ketones (excluding diaryl/α,β-unsaturated/α-hetero) is 1. The van der Waals surface area contributed by atoms with Crippen LogP contribution in [-0.2, 0) is 9.53 Å². The highest BCUT2D eigenvalue weighted by atomic mass is 16.5. The van der Waals surface area contributed by atoms with Gasteiger partial charge in [0.1, 0.15) is 5.75 Å². The van der Waals surface area contributed by atoms with E-state index in [9.17, 15) is 9.59 Å². The largest absolute Gasteiger partial charge is 0.497 e. The summed E-state index contributed by atoms with van der Waals surface area (Å²) in [7, 11) is 1.58. The molecule has 0 amide bonds. The molecular formula is C19H19NO4. The predicted molar refractivity (Wildman–Crippen MR) is 92.1 cm³/mol. The molecule has 0 aliphatic heterocycles. The van der Waals surface area contributed by atoms with Crippen molar-refractivity contribution in [2.75, 3.05) is 19.0 Å². The Kier molecular flexibility index (Phi) is 6.14. The SMILES string of the molecule is CCOC(=O)/C=C(\Nc1ccc(OC)cc1)C(=O)c1ccccc1. The zero-order valence-corrected chi connectivity index (χ0v) is 13.6. The Morgan fingerprint density at radius 1 is 1.04 bits per heavy atom. The number of nitrogens with one attached hydrogen (secondary N) is 1. The lowest BCUT2D eigenvalue weighted by atomic mass is 10.1. The number of ether oxygens (including phenoxy) is 2. The second kappa shape index (κ2) is 8.53. The third kappa shape index (κ3) is 4.71. The molecule has 0 atom stereocenters. The minimum Gasteiger partial charge on any atom is -0.497 e. The molecule has 0 radical (unpaired) electrons. The van der Waals surface area contributed by atoms with Gasteiger partial charge in [-0.3, -0.25) is 4.79 Å². The fraction of sp³-hybridized carbons (Fsp3) is 0.158. The zero-order valence-electron chi connectivity index (χ0n) is 13.6. The van der Waals surface area contributed by atoms with Crippen LogP contribution in [0.4, 0.5) is 5.69 Å². The van der Waals surface area contributed by atoms with Crippen molar-refractivity contribution in [2.45, 2.75) is 6.92 Å². The number of benzene rings is 2. The molecule has 5 heteroatoms. The highest BCUT2D eigenvalue weighted by Gasteiger charge is 2.14. The normalized spacial score (nSPS) is 10.8. The molecule has 2 aromatic rings. The Morgan fingerprint density at radius 2 is 1.71 bits per heavy atom. The van der Waals surface area contributed by atoms with Gasteiger partial charge < -0.3 is 14.8 Å². The maximum Gasteiger partial charge on any atom is 0.332 e. The Morgan fingerprint density at radius 3 is 2.29 bits per heavy atom. The third-order valence-corrected chi connectivity index (χ3v) is 3.20. The molecule has 2 rings (SSSR count). The molecule has 0 aliphatic carbocycles. The van der Waals surface area contributed by atoms with Crippen molar-refractivity contribution in [3.63, 3.8) is 0 Å². The van der Waals surface area contributed by atoms with Gasteiger partial charge in [0, 0.05) is 11.3 Å². The number of hydrogen-bond donors (Lipinski definition) is 1. The van der Waals surface area contributed by atoms with Gasteiger partial charge in [0.2, 0.25) is 5.78 Å². The third-order valence-electron chi connectivity index (χ3n) is 3.20. The molecule has 0 unspecified atom stereocenters. The van der Waals surface area contributed by atoms with Crippen LogP contribution in [0.15, 0.2) is 66.4 Å². The van der Waals surface area contributed by atoms with Gasteiger partial charge in [-0.05, 0) is 31.2 Å². The second-order valence-electron chi connectivity index (χ2n) is 4.86. The van der Waals surface area contributed by atoms with Gasteiger partial charge in [0.05, 0.1) is 25.5 Å². The molecule has 1 N–H and O–H groups in total. The lowest BCUT2D eigenvalue weighted by molar-refractivity contribution is -0.137. The standard InChI is InChI=1S/C19H19NO4/c1-3-24-18(21)13-17(19(22)14-7-5-4-6-8-14)20-15-9-11-16(23-2)12-10-15/h4-13,20H,3H2,1-2H3/b17-13-. The van der Waals surface area contributed by atoms with Gasteiger partial charge in [-0.15, -0.1) is 0 Å². The van der Waals surface area contributed by atoms with Crippen molar-refractivity contribution >= 4 is 17.4 Å². The highest BCUT2D eigenvalue weighted by molar-refractivity contribution is 6.12. The molecule has 124 valence electrons. The molecule has 0 aromatic heterocycles. The molecule has 0 aliphatic rings. The van der Waals surface area contributed by atoms with Crippen LogP contribution >= 0.6 is 0 Å². The van der Waals surface area contributed by atoms with E-state index < -0.39 is 5.97 Å². The number of rotatable bonds is 7. The smallest absolute Gasteiger partial charge is 0.332 e. The van der Waals surface area contributed by atoms with Crippen molar-refractivity contribution < 1.29 is 19.1 Å². The zero-order chi connectivity index (χ0) is 17.4. The Hall–Kier alpha value is -3.08. The number of anilines is 1. The molecule has 2 aromatic carbocycles. The summed E-state index contributed by atoms with van der Waals surface area (Å²) in [5, 5.41) is 2.97. The van der Waals surface area contributed by atoms with E-state index in [4.69, 9.17) is 9.47 Å². The van der Waals surface area contributed by atoms with Crippen LogP contribution in [0.1, 0.15) is 17.3 Å². The first-order valence-electron chi connectivity index (χ1n) is 7.53. The molecule has 24 heavy (non-hydrogen) atoms. The Labute approximate surface area is 140 Å². The topological polar surface area (TPSA) is 64.6 Å². The molecule has 0 saturated heterocycles. The van der Waals surface area contributed by atoms with Crippen molar-refractivity contribution in [1.29, 1.82) is 0 Å². The van der Waals surface area contributed by atoms with Crippen molar-refractivity contribution in [1.82, 2.24) is 0 Å². The first-order chi connectivity index (χ1) is 11.6. The average Bonchev–Trinajstić information content (AvgIpc) is 2.62. The van der Waals surface area contributed by atoms with E-state index in [0.717, 1.165) is 0 Å². The number of allylic oxidation sites excluding steroid dienone is 1. The van der Waals surface area contributed by atoms with Crippen LogP contribution in [0.2, 0.25) is 0 Å². The van der Waals surface area contributed by atoms with E-state index in [2.05, 4.69) is 5.32 Å². The van der Waals surface area contributed by atoms with Crippen molar-refractivity contribution in [3.05, 3.63) is 71.9 Å². The second-order valence-corrected chi connectivity index (χ2v) is 4.86. The summed E-state index contributed by atoms with van der Waals surface area (Å²) in [6.45, 7) is 1.95. The summed E-state index contributed by atoms with van der Waals surface area (Å²) < 4.78 is 10.0. The van der Waals surface area contributed by atoms with Crippen LogP contribution in [-0.4, -0.2) is 25.5 Å². The Bertz CT molecular complexity index is 721. The summed E-state index contributed by atoms with van der Waals surface area (Å²) in [6.07, 6.45) is 1.17. The fourth-order valence-electron chi connectivity index (χ4n) is 2.04. The van der Waals surface area contributed by atoms with Gasteiger partial charge in [-0.25, -0.2) is 4.79 Å². The first-order valence-corrected chi connectivity index (χ1v) is 7.53. The van der Waals surface area contributed by atoms with Gasteiger partial charge in [0.15, 0.2) is 0 Å². The summed E-state index contributed by atoms with van der Waals surface area (Å²) in [5.41, 5.74) is 1.29. The maximum atomic E-state index is 12.6. The minimum atomic E-state index is -0.571. The van der Waals surface area contributed by atoms with Gasteiger partial charge in [-0.2, -0.15) is 0 Å². The van der Waals surface area contributed by atoms with E-state index in [0.29, 0.717) is 17.0 Å². The van der Waals surface area contributed by atoms with Crippen molar-refractivity contribution in [3.8, 4) is 5.75 Å². The summed E-state index contributed by atoms with van der Waals surface area (Å²) in [6, 6.07) is 15.8. The van der Waals surface area contributed by atoms with Crippen molar-refractivity contribution in [2.24, 2.45) is 0 Å². The molecule has 0 heterocycles. The minimum absolute atomic E-state index is 0.143. The van der Waals surface area contributed by atoms with Crippen LogP contribution in [0.3, 0.4) is 0 Å². The average molecular weight is 325 g/mol. The number of ketones is 1. The molecule has 5 nitrogen and oxygen atoms in total. The monoisotopic (exact) mass is 325 g/mol. The van der Waals surface area contributed by atoms with Gasteiger partial charge in [-0.1, -0.05) is 30.3 Å². The number of esters is 1. The van der Waals surface area contributed by atoms with Crippen LogP contribution in [0, 0.1) is 0 Å². The summed E-state index contributed by atoms with van der Waals surface area (Å²) >= 11 is 0. The van der Waals surface area contributed by atoms with Crippen LogP contribution < -0.4 is 10.1 Å². The van der Waals surface area contributed by atoms with E-state index in [1.165, 1.54) is 6.08 Å². The summed E-state index contributed by atoms with van der Waals surface area (Å²) in [5.74, 6) is -0.164. The molecular weight excluding hydrogens is 306 g/mol. The van der Waals surface area contributed by atoms with Crippen LogP contribution in [0.25, 0.3) is 0 Å². The Balaban J connectivity index is 2.28. The highest BCUT2D eigenvalue weighted by Crippen LogP contribution is 2.18. The lowest BCUT2D eigenvalue weighted by Crippen LogP contribution is -2.15.